The number of rotatable bonds is 4. The van der Waals surface area contributed by atoms with Crippen LogP contribution in [0.5, 0.6) is 0 Å². The van der Waals surface area contributed by atoms with E-state index in [2.05, 4.69) is 5.32 Å². The third kappa shape index (κ3) is 3.30. The highest BCUT2D eigenvalue weighted by atomic mass is 19.1. The van der Waals surface area contributed by atoms with Crippen molar-refractivity contribution in [2.24, 2.45) is 5.92 Å². The van der Waals surface area contributed by atoms with E-state index in [0.29, 0.717) is 12.0 Å². The van der Waals surface area contributed by atoms with Gasteiger partial charge >= 0.3 is 0 Å². The Labute approximate surface area is 109 Å². The molecule has 1 saturated heterocycles. The molecule has 2 nitrogen and oxygen atoms in total. The second kappa shape index (κ2) is 6.30. The van der Waals surface area contributed by atoms with Gasteiger partial charge in [0.05, 0.1) is 0 Å². The standard InChI is InChI=1S/C15H22FNO/c1-11-3-4-14(16)9-13(11)10-15(17-2)12-5-7-18-8-6-12/h3-4,9,12,15,17H,5-8,10H2,1-2H3. The molecule has 1 unspecified atom stereocenters. The maximum absolute atomic E-state index is 13.3. The van der Waals surface area contributed by atoms with Crippen LogP contribution in [-0.4, -0.2) is 26.3 Å². The molecule has 1 fully saturated rings. The monoisotopic (exact) mass is 251 g/mol. The van der Waals surface area contributed by atoms with Gasteiger partial charge in [-0.05, 0) is 62.4 Å². The van der Waals surface area contributed by atoms with Crippen molar-refractivity contribution in [1.29, 1.82) is 0 Å². The van der Waals surface area contributed by atoms with Crippen LogP contribution in [0.15, 0.2) is 18.2 Å². The molecule has 0 amide bonds. The van der Waals surface area contributed by atoms with Crippen molar-refractivity contribution < 1.29 is 9.13 Å². The molecular weight excluding hydrogens is 229 g/mol. The van der Waals surface area contributed by atoms with E-state index in [4.69, 9.17) is 4.74 Å². The van der Waals surface area contributed by atoms with E-state index in [1.807, 2.05) is 20.0 Å². The Hall–Kier alpha value is -0.930. The molecule has 0 aliphatic carbocycles. The van der Waals surface area contributed by atoms with Gasteiger partial charge in [0.2, 0.25) is 0 Å². The van der Waals surface area contributed by atoms with Gasteiger partial charge in [0.25, 0.3) is 0 Å². The molecule has 100 valence electrons. The molecule has 18 heavy (non-hydrogen) atoms. The van der Waals surface area contributed by atoms with Crippen molar-refractivity contribution in [1.82, 2.24) is 5.32 Å². The first kappa shape index (κ1) is 13.5. The number of benzene rings is 1. The number of hydrogen-bond donors (Lipinski definition) is 1. The van der Waals surface area contributed by atoms with Gasteiger partial charge in [-0.3, -0.25) is 0 Å². The SMILES string of the molecule is CNC(Cc1cc(F)ccc1C)C1CCOCC1. The first-order valence-corrected chi connectivity index (χ1v) is 6.70. The van der Waals surface area contributed by atoms with Gasteiger partial charge in [-0.1, -0.05) is 6.07 Å². The van der Waals surface area contributed by atoms with Crippen LogP contribution in [0.3, 0.4) is 0 Å². The summed E-state index contributed by atoms with van der Waals surface area (Å²) in [4.78, 5) is 0. The van der Waals surface area contributed by atoms with Crippen molar-refractivity contribution in [2.45, 2.75) is 32.2 Å². The number of ether oxygens (including phenoxy) is 1. The Morgan fingerprint density at radius 1 is 1.39 bits per heavy atom. The highest BCUT2D eigenvalue weighted by Gasteiger charge is 2.23. The van der Waals surface area contributed by atoms with E-state index in [1.54, 1.807) is 6.07 Å². The fraction of sp³-hybridized carbons (Fsp3) is 0.600. The van der Waals surface area contributed by atoms with E-state index < -0.39 is 0 Å². The van der Waals surface area contributed by atoms with Crippen LogP contribution in [0.4, 0.5) is 4.39 Å². The van der Waals surface area contributed by atoms with E-state index in [-0.39, 0.29) is 5.82 Å². The first-order chi connectivity index (χ1) is 8.70. The van der Waals surface area contributed by atoms with Gasteiger partial charge in [-0.2, -0.15) is 0 Å². The lowest BCUT2D eigenvalue weighted by atomic mass is 9.87. The molecule has 0 radical (unpaired) electrons. The predicted octanol–water partition coefficient (Wildman–Crippen LogP) is 2.69. The van der Waals surface area contributed by atoms with Crippen LogP contribution < -0.4 is 5.32 Å². The number of aryl methyl sites for hydroxylation is 1. The molecule has 2 rings (SSSR count). The molecule has 0 bridgehead atoms. The van der Waals surface area contributed by atoms with Gasteiger partial charge in [0.15, 0.2) is 0 Å². The summed E-state index contributed by atoms with van der Waals surface area (Å²) in [5.41, 5.74) is 2.28. The molecule has 1 N–H and O–H groups in total. The maximum Gasteiger partial charge on any atom is 0.123 e. The second-order valence-corrected chi connectivity index (χ2v) is 5.12. The highest BCUT2D eigenvalue weighted by molar-refractivity contribution is 5.27. The van der Waals surface area contributed by atoms with Crippen molar-refractivity contribution in [3.63, 3.8) is 0 Å². The van der Waals surface area contributed by atoms with Gasteiger partial charge in [-0.15, -0.1) is 0 Å². The molecule has 1 heterocycles. The Balaban J connectivity index is 2.06. The fourth-order valence-electron chi connectivity index (χ4n) is 2.72. The number of likely N-dealkylation sites (N-methyl/N-ethyl adjacent to an activating group) is 1. The molecule has 1 aliphatic rings. The third-order valence-corrected chi connectivity index (χ3v) is 3.96. The Kier molecular flexibility index (Phi) is 4.72. The maximum atomic E-state index is 13.3. The Morgan fingerprint density at radius 3 is 2.78 bits per heavy atom. The van der Waals surface area contributed by atoms with Gasteiger partial charge in [0, 0.05) is 19.3 Å². The van der Waals surface area contributed by atoms with Crippen molar-refractivity contribution in [3.05, 3.63) is 35.1 Å². The van der Waals surface area contributed by atoms with Crippen molar-refractivity contribution in [2.75, 3.05) is 20.3 Å². The summed E-state index contributed by atoms with van der Waals surface area (Å²) in [5, 5.41) is 3.39. The summed E-state index contributed by atoms with van der Waals surface area (Å²) in [7, 11) is 1.99. The van der Waals surface area contributed by atoms with Gasteiger partial charge < -0.3 is 10.1 Å². The zero-order valence-electron chi connectivity index (χ0n) is 11.2. The lowest BCUT2D eigenvalue weighted by molar-refractivity contribution is 0.0547. The number of halogens is 1. The van der Waals surface area contributed by atoms with Crippen LogP contribution in [0.2, 0.25) is 0 Å². The summed E-state index contributed by atoms with van der Waals surface area (Å²) in [6.45, 7) is 3.75. The summed E-state index contributed by atoms with van der Waals surface area (Å²) in [6.07, 6.45) is 3.09. The lowest BCUT2D eigenvalue weighted by Gasteiger charge is -2.30. The van der Waals surface area contributed by atoms with E-state index in [0.717, 1.165) is 38.0 Å². The molecule has 0 aromatic heterocycles. The quantitative estimate of drug-likeness (QED) is 0.888. The summed E-state index contributed by atoms with van der Waals surface area (Å²) in [5.74, 6) is 0.490. The fourth-order valence-corrected chi connectivity index (χ4v) is 2.72. The van der Waals surface area contributed by atoms with Crippen LogP contribution >= 0.6 is 0 Å². The van der Waals surface area contributed by atoms with Gasteiger partial charge in [-0.25, -0.2) is 4.39 Å². The Morgan fingerprint density at radius 2 is 2.11 bits per heavy atom. The minimum Gasteiger partial charge on any atom is -0.381 e. The summed E-state index contributed by atoms with van der Waals surface area (Å²) in [6, 6.07) is 5.47. The molecule has 0 saturated carbocycles. The van der Waals surface area contributed by atoms with Crippen LogP contribution in [0.1, 0.15) is 24.0 Å². The summed E-state index contributed by atoms with van der Waals surface area (Å²) < 4.78 is 18.7. The van der Waals surface area contributed by atoms with E-state index >= 15 is 0 Å². The van der Waals surface area contributed by atoms with Crippen molar-refractivity contribution >= 4 is 0 Å². The molecule has 3 heteroatoms. The average Bonchev–Trinajstić information content (AvgIpc) is 2.41. The predicted molar refractivity (Wildman–Crippen MR) is 71.2 cm³/mol. The zero-order valence-corrected chi connectivity index (χ0v) is 11.2. The average molecular weight is 251 g/mol. The van der Waals surface area contributed by atoms with E-state index in [1.165, 1.54) is 11.6 Å². The number of nitrogens with one attached hydrogen (secondary N) is 1. The topological polar surface area (TPSA) is 21.3 Å². The minimum atomic E-state index is -0.141. The van der Waals surface area contributed by atoms with Crippen molar-refractivity contribution in [3.8, 4) is 0 Å². The normalized spacial score (nSPS) is 18.8. The smallest absolute Gasteiger partial charge is 0.123 e. The molecule has 1 atom stereocenters. The molecule has 0 spiro atoms. The van der Waals surface area contributed by atoms with Crippen LogP contribution in [-0.2, 0) is 11.2 Å². The second-order valence-electron chi connectivity index (χ2n) is 5.12. The largest absolute Gasteiger partial charge is 0.381 e. The van der Waals surface area contributed by atoms with Gasteiger partial charge in [0.1, 0.15) is 5.82 Å². The molecule has 1 aromatic rings. The highest BCUT2D eigenvalue weighted by Crippen LogP contribution is 2.23. The zero-order chi connectivity index (χ0) is 13.0. The lowest BCUT2D eigenvalue weighted by Crippen LogP contribution is -2.38. The number of hydrogen-bond acceptors (Lipinski definition) is 2. The Bertz CT molecular complexity index is 388. The molecule has 1 aliphatic heterocycles. The first-order valence-electron chi connectivity index (χ1n) is 6.70. The summed E-state index contributed by atoms with van der Waals surface area (Å²) >= 11 is 0. The molecular formula is C15H22FNO. The minimum absolute atomic E-state index is 0.141. The van der Waals surface area contributed by atoms with E-state index in [9.17, 15) is 4.39 Å². The molecule has 1 aromatic carbocycles. The third-order valence-electron chi connectivity index (χ3n) is 3.96. The van der Waals surface area contributed by atoms with Crippen LogP contribution in [0.25, 0.3) is 0 Å². The van der Waals surface area contributed by atoms with Crippen LogP contribution in [0, 0.1) is 18.7 Å².